The van der Waals surface area contributed by atoms with Crippen molar-refractivity contribution in [3.05, 3.63) is 18.2 Å². The molecule has 2 rings (SSSR count). The number of amides is 1. The molecule has 2 N–H and O–H groups in total. The van der Waals surface area contributed by atoms with E-state index < -0.39 is 0 Å². The summed E-state index contributed by atoms with van der Waals surface area (Å²) in [5.74, 6) is 0.166. The van der Waals surface area contributed by atoms with E-state index in [-0.39, 0.29) is 18.0 Å². The summed E-state index contributed by atoms with van der Waals surface area (Å²) in [7, 11) is 3.75. The molecule has 2 atom stereocenters. The molecule has 0 radical (unpaired) electrons. The number of aryl methyl sites for hydroxylation is 1. The van der Waals surface area contributed by atoms with Crippen molar-refractivity contribution in [3.8, 4) is 0 Å². The van der Waals surface area contributed by atoms with E-state index in [9.17, 15) is 4.79 Å². The second-order valence-electron chi connectivity index (χ2n) is 4.43. The molecule has 1 saturated heterocycles. The monoisotopic (exact) mass is 222 g/mol. The standard InChI is InChI=1S/C11H18N4O/c1-14-7-13-6-9(14)11-8(12)4-3-5-10(16)15(11)2/h6-8,11H,3-5,12H2,1-2H3. The van der Waals surface area contributed by atoms with Gasteiger partial charge in [0.25, 0.3) is 0 Å². The molecule has 5 heteroatoms. The zero-order valence-electron chi connectivity index (χ0n) is 9.76. The minimum Gasteiger partial charge on any atom is -0.336 e. The van der Waals surface area contributed by atoms with Crippen LogP contribution in [0.1, 0.15) is 31.0 Å². The van der Waals surface area contributed by atoms with Crippen molar-refractivity contribution in [3.63, 3.8) is 0 Å². The molecule has 1 aromatic rings. The Kier molecular flexibility index (Phi) is 2.96. The molecular weight excluding hydrogens is 204 g/mol. The highest BCUT2D eigenvalue weighted by atomic mass is 16.2. The van der Waals surface area contributed by atoms with Gasteiger partial charge in [-0.15, -0.1) is 0 Å². The van der Waals surface area contributed by atoms with E-state index in [4.69, 9.17) is 5.73 Å². The highest BCUT2D eigenvalue weighted by molar-refractivity contribution is 5.76. The van der Waals surface area contributed by atoms with Crippen molar-refractivity contribution in [1.82, 2.24) is 14.5 Å². The number of likely N-dealkylation sites (N-methyl/N-ethyl adjacent to an activating group) is 1. The van der Waals surface area contributed by atoms with Crippen LogP contribution in [0.3, 0.4) is 0 Å². The van der Waals surface area contributed by atoms with Crippen LogP contribution in [-0.2, 0) is 11.8 Å². The Balaban J connectivity index is 2.35. The fourth-order valence-corrected chi connectivity index (χ4v) is 2.34. The van der Waals surface area contributed by atoms with Crippen LogP contribution in [0.4, 0.5) is 0 Å². The summed E-state index contributed by atoms with van der Waals surface area (Å²) in [6.45, 7) is 0. The fraction of sp³-hybridized carbons (Fsp3) is 0.636. The molecule has 0 saturated carbocycles. The van der Waals surface area contributed by atoms with Crippen LogP contribution in [-0.4, -0.2) is 33.4 Å². The number of likely N-dealkylation sites (tertiary alicyclic amines) is 1. The molecular formula is C11H18N4O. The second-order valence-corrected chi connectivity index (χ2v) is 4.43. The maximum absolute atomic E-state index is 11.8. The van der Waals surface area contributed by atoms with Gasteiger partial charge in [-0.2, -0.15) is 0 Å². The molecule has 0 spiro atoms. The molecule has 1 aliphatic heterocycles. The summed E-state index contributed by atoms with van der Waals surface area (Å²) in [5.41, 5.74) is 7.16. The van der Waals surface area contributed by atoms with Gasteiger partial charge in [0, 0.05) is 26.6 Å². The first kappa shape index (κ1) is 11.1. The third kappa shape index (κ3) is 1.82. The summed E-state index contributed by atoms with van der Waals surface area (Å²) in [6.07, 6.45) is 5.88. The normalized spacial score (nSPS) is 26.9. The summed E-state index contributed by atoms with van der Waals surface area (Å²) in [6, 6.07) is -0.0608. The van der Waals surface area contributed by atoms with Gasteiger partial charge in [-0.25, -0.2) is 4.98 Å². The first-order chi connectivity index (χ1) is 7.61. The number of rotatable bonds is 1. The molecule has 0 aliphatic carbocycles. The van der Waals surface area contributed by atoms with E-state index in [1.807, 2.05) is 18.7 Å². The van der Waals surface area contributed by atoms with Crippen molar-refractivity contribution in [2.24, 2.45) is 12.8 Å². The summed E-state index contributed by atoms with van der Waals surface area (Å²) < 4.78 is 1.93. The summed E-state index contributed by atoms with van der Waals surface area (Å²) in [5, 5.41) is 0. The Morgan fingerprint density at radius 1 is 1.50 bits per heavy atom. The highest BCUT2D eigenvalue weighted by Crippen LogP contribution is 2.28. The number of hydrogen-bond acceptors (Lipinski definition) is 3. The summed E-state index contributed by atoms with van der Waals surface area (Å²) in [4.78, 5) is 17.7. The lowest BCUT2D eigenvalue weighted by Crippen LogP contribution is -2.40. The number of imidazole rings is 1. The molecule has 1 aliphatic rings. The zero-order chi connectivity index (χ0) is 11.7. The molecule has 2 heterocycles. The Hall–Kier alpha value is -1.36. The fourth-order valence-electron chi connectivity index (χ4n) is 2.34. The molecule has 0 bridgehead atoms. The van der Waals surface area contributed by atoms with Gasteiger partial charge in [-0.05, 0) is 12.8 Å². The Morgan fingerprint density at radius 2 is 2.25 bits per heavy atom. The molecule has 5 nitrogen and oxygen atoms in total. The Morgan fingerprint density at radius 3 is 2.88 bits per heavy atom. The van der Waals surface area contributed by atoms with Crippen LogP contribution >= 0.6 is 0 Å². The number of carbonyl (C=O) groups excluding carboxylic acids is 1. The number of carbonyl (C=O) groups is 1. The maximum atomic E-state index is 11.8. The maximum Gasteiger partial charge on any atom is 0.222 e. The topological polar surface area (TPSA) is 64.2 Å². The van der Waals surface area contributed by atoms with Gasteiger partial charge >= 0.3 is 0 Å². The lowest BCUT2D eigenvalue weighted by molar-refractivity contribution is -0.131. The number of aromatic nitrogens is 2. The third-order valence-corrected chi connectivity index (χ3v) is 3.30. The average Bonchev–Trinajstić information content (AvgIpc) is 2.60. The van der Waals surface area contributed by atoms with Gasteiger partial charge in [0.15, 0.2) is 0 Å². The highest BCUT2D eigenvalue weighted by Gasteiger charge is 2.31. The molecule has 2 unspecified atom stereocenters. The smallest absolute Gasteiger partial charge is 0.222 e. The van der Waals surface area contributed by atoms with Crippen LogP contribution in [0.2, 0.25) is 0 Å². The van der Waals surface area contributed by atoms with E-state index in [1.54, 1.807) is 17.4 Å². The summed E-state index contributed by atoms with van der Waals surface area (Å²) >= 11 is 0. The van der Waals surface area contributed by atoms with Gasteiger partial charge < -0.3 is 15.2 Å². The predicted octanol–water partition coefficient (Wildman–Crippen LogP) is 0.431. The predicted molar refractivity (Wildman–Crippen MR) is 60.5 cm³/mol. The largest absolute Gasteiger partial charge is 0.336 e. The van der Waals surface area contributed by atoms with Crippen molar-refractivity contribution in [1.29, 1.82) is 0 Å². The lowest BCUT2D eigenvalue weighted by atomic mass is 10.0. The van der Waals surface area contributed by atoms with Crippen LogP contribution in [0.15, 0.2) is 12.5 Å². The number of nitrogens with two attached hydrogens (primary N) is 1. The van der Waals surface area contributed by atoms with Crippen LogP contribution in [0, 0.1) is 0 Å². The van der Waals surface area contributed by atoms with Gasteiger partial charge in [-0.3, -0.25) is 4.79 Å². The van der Waals surface area contributed by atoms with Crippen molar-refractivity contribution < 1.29 is 4.79 Å². The Bertz CT molecular complexity index is 387. The van der Waals surface area contributed by atoms with Gasteiger partial charge in [0.2, 0.25) is 5.91 Å². The van der Waals surface area contributed by atoms with Crippen LogP contribution in [0.25, 0.3) is 0 Å². The minimum atomic E-state index is -0.0532. The molecule has 16 heavy (non-hydrogen) atoms. The molecule has 88 valence electrons. The lowest BCUT2D eigenvalue weighted by Gasteiger charge is -2.30. The third-order valence-electron chi connectivity index (χ3n) is 3.30. The average molecular weight is 222 g/mol. The van der Waals surface area contributed by atoms with E-state index in [1.165, 1.54) is 0 Å². The number of nitrogens with zero attached hydrogens (tertiary/aromatic N) is 3. The van der Waals surface area contributed by atoms with Gasteiger partial charge in [0.1, 0.15) is 0 Å². The van der Waals surface area contributed by atoms with E-state index in [0.29, 0.717) is 6.42 Å². The van der Waals surface area contributed by atoms with Crippen LogP contribution in [0.5, 0.6) is 0 Å². The quantitative estimate of drug-likeness (QED) is 0.749. The SMILES string of the molecule is CN1C(=O)CCCC(N)C1c1cncn1C. The van der Waals surface area contributed by atoms with Crippen molar-refractivity contribution >= 4 is 5.91 Å². The van der Waals surface area contributed by atoms with Crippen molar-refractivity contribution in [2.45, 2.75) is 31.3 Å². The first-order valence-electron chi connectivity index (χ1n) is 5.58. The zero-order valence-corrected chi connectivity index (χ0v) is 9.76. The molecule has 0 aromatic carbocycles. The van der Waals surface area contributed by atoms with E-state index >= 15 is 0 Å². The molecule has 1 aromatic heterocycles. The van der Waals surface area contributed by atoms with Gasteiger partial charge in [-0.1, -0.05) is 0 Å². The minimum absolute atomic E-state index is 0.00755. The van der Waals surface area contributed by atoms with Gasteiger partial charge in [0.05, 0.1) is 24.3 Å². The Labute approximate surface area is 95.2 Å². The van der Waals surface area contributed by atoms with Crippen molar-refractivity contribution in [2.75, 3.05) is 7.05 Å². The second kappa shape index (κ2) is 4.25. The molecule has 1 amide bonds. The number of hydrogen-bond donors (Lipinski definition) is 1. The van der Waals surface area contributed by atoms with Crippen LogP contribution < -0.4 is 5.73 Å². The van der Waals surface area contributed by atoms with E-state index in [2.05, 4.69) is 4.98 Å². The first-order valence-corrected chi connectivity index (χ1v) is 5.58. The molecule has 1 fully saturated rings. The van der Waals surface area contributed by atoms with E-state index in [0.717, 1.165) is 18.5 Å².